The Morgan fingerprint density at radius 2 is 2.22 bits per heavy atom. The number of nitrogens with zero attached hydrogens (tertiary/aromatic N) is 2. The van der Waals surface area contributed by atoms with Gasteiger partial charge in [-0.3, -0.25) is 9.89 Å². The van der Waals surface area contributed by atoms with E-state index in [0.717, 1.165) is 30.7 Å². The van der Waals surface area contributed by atoms with Gasteiger partial charge >= 0.3 is 0 Å². The van der Waals surface area contributed by atoms with Crippen molar-refractivity contribution in [1.82, 2.24) is 19.9 Å². The molecule has 94 valence electrons. The maximum atomic E-state index is 12.1. The van der Waals surface area contributed by atoms with Gasteiger partial charge in [0.05, 0.1) is 5.69 Å². The molecule has 5 nitrogen and oxygen atoms in total. The molecule has 1 atom stereocenters. The van der Waals surface area contributed by atoms with Crippen LogP contribution in [0.15, 0.2) is 17.1 Å². The highest BCUT2D eigenvalue weighted by Crippen LogP contribution is 2.41. The molecule has 0 spiro atoms. The fourth-order valence-corrected chi connectivity index (χ4v) is 2.83. The smallest absolute Gasteiger partial charge is 0.272 e. The van der Waals surface area contributed by atoms with E-state index in [1.165, 1.54) is 18.4 Å². The van der Waals surface area contributed by atoms with E-state index < -0.39 is 0 Å². The highest BCUT2D eigenvalue weighted by atomic mass is 16.1. The summed E-state index contributed by atoms with van der Waals surface area (Å²) >= 11 is 0. The van der Waals surface area contributed by atoms with Crippen molar-refractivity contribution in [2.75, 3.05) is 6.54 Å². The lowest BCUT2D eigenvalue weighted by Crippen LogP contribution is -2.21. The van der Waals surface area contributed by atoms with Crippen LogP contribution in [0.5, 0.6) is 0 Å². The van der Waals surface area contributed by atoms with Gasteiger partial charge in [-0.1, -0.05) is 0 Å². The molecule has 0 aromatic carbocycles. The highest BCUT2D eigenvalue weighted by Gasteiger charge is 2.28. The van der Waals surface area contributed by atoms with Crippen LogP contribution in [0.2, 0.25) is 0 Å². The minimum absolute atomic E-state index is 0.00407. The van der Waals surface area contributed by atoms with Crippen molar-refractivity contribution in [2.24, 2.45) is 0 Å². The SMILES string of the molecule is O=c1cc(C2CCCN2)nc2c(C3CC3)c[nH]n12. The summed E-state index contributed by atoms with van der Waals surface area (Å²) in [6, 6.07) is 1.91. The third kappa shape index (κ3) is 1.50. The fourth-order valence-electron chi connectivity index (χ4n) is 2.83. The summed E-state index contributed by atoms with van der Waals surface area (Å²) in [4.78, 5) is 16.8. The summed E-state index contributed by atoms with van der Waals surface area (Å²) in [5.74, 6) is 0.602. The van der Waals surface area contributed by atoms with Crippen LogP contribution in [-0.2, 0) is 0 Å². The average molecular weight is 244 g/mol. The maximum absolute atomic E-state index is 12.1. The Labute approximate surface area is 104 Å². The Morgan fingerprint density at radius 3 is 2.94 bits per heavy atom. The van der Waals surface area contributed by atoms with Crippen LogP contribution >= 0.6 is 0 Å². The summed E-state index contributed by atoms with van der Waals surface area (Å²) < 4.78 is 1.56. The van der Waals surface area contributed by atoms with E-state index in [2.05, 4.69) is 10.4 Å². The number of hydrogen-bond acceptors (Lipinski definition) is 3. The molecule has 0 radical (unpaired) electrons. The third-order valence-electron chi connectivity index (χ3n) is 3.98. The molecule has 18 heavy (non-hydrogen) atoms. The Kier molecular flexibility index (Phi) is 2.11. The van der Waals surface area contributed by atoms with Gasteiger partial charge in [-0.15, -0.1) is 0 Å². The number of H-pyrrole nitrogens is 1. The number of aromatic amines is 1. The predicted octanol–water partition coefficient (Wildman–Crippen LogP) is 1.32. The van der Waals surface area contributed by atoms with Gasteiger partial charge in [0.15, 0.2) is 5.65 Å². The normalized spacial score (nSPS) is 23.9. The number of fused-ring (bicyclic) bond motifs is 1. The fraction of sp³-hybridized carbons (Fsp3) is 0.538. The maximum Gasteiger partial charge on any atom is 0.272 e. The first-order chi connectivity index (χ1) is 8.83. The highest BCUT2D eigenvalue weighted by molar-refractivity contribution is 5.50. The van der Waals surface area contributed by atoms with Gasteiger partial charge in [0.1, 0.15) is 0 Å². The molecule has 2 fully saturated rings. The second-order valence-electron chi connectivity index (χ2n) is 5.33. The minimum Gasteiger partial charge on any atom is -0.309 e. The van der Waals surface area contributed by atoms with Crippen molar-refractivity contribution in [1.29, 1.82) is 0 Å². The monoisotopic (exact) mass is 244 g/mol. The van der Waals surface area contributed by atoms with Gasteiger partial charge in [-0.2, -0.15) is 0 Å². The molecule has 0 bridgehead atoms. The number of nitrogens with one attached hydrogen (secondary N) is 2. The Bertz CT molecular complexity index is 647. The standard InChI is InChI=1S/C13H16N4O/c18-12-6-11(10-2-1-5-14-10)16-13-9(8-3-4-8)7-15-17(12)13/h6-8,10,14-15H,1-5H2. The summed E-state index contributed by atoms with van der Waals surface area (Å²) in [6.45, 7) is 1.02. The predicted molar refractivity (Wildman–Crippen MR) is 67.8 cm³/mol. The van der Waals surface area contributed by atoms with Crippen molar-refractivity contribution in [3.05, 3.63) is 33.9 Å². The molecule has 1 unspecified atom stereocenters. The lowest BCUT2D eigenvalue weighted by Gasteiger charge is -2.09. The quantitative estimate of drug-likeness (QED) is 0.837. The van der Waals surface area contributed by atoms with Gasteiger partial charge in [-0.05, 0) is 38.1 Å². The summed E-state index contributed by atoms with van der Waals surface area (Å²) in [5.41, 5.74) is 2.93. The molecule has 1 aliphatic heterocycles. The van der Waals surface area contributed by atoms with E-state index in [1.807, 2.05) is 6.20 Å². The van der Waals surface area contributed by atoms with Crippen molar-refractivity contribution in [3.8, 4) is 0 Å². The van der Waals surface area contributed by atoms with Crippen LogP contribution in [0, 0.1) is 0 Å². The number of rotatable bonds is 2. The summed E-state index contributed by atoms with van der Waals surface area (Å²) in [5, 5.41) is 6.42. The van der Waals surface area contributed by atoms with Gasteiger partial charge in [0.25, 0.3) is 5.56 Å². The number of aromatic nitrogens is 3. The molecule has 5 heteroatoms. The van der Waals surface area contributed by atoms with Gasteiger partial charge in [0.2, 0.25) is 0 Å². The lowest BCUT2D eigenvalue weighted by molar-refractivity contribution is 0.624. The van der Waals surface area contributed by atoms with Crippen LogP contribution in [0.1, 0.15) is 48.9 Å². The molecule has 0 amide bonds. The molecule has 2 aromatic rings. The van der Waals surface area contributed by atoms with Crippen LogP contribution < -0.4 is 10.9 Å². The van der Waals surface area contributed by atoms with Gasteiger partial charge < -0.3 is 5.32 Å². The first-order valence-electron chi connectivity index (χ1n) is 6.67. The first-order valence-corrected chi connectivity index (χ1v) is 6.67. The first kappa shape index (κ1) is 10.3. The van der Waals surface area contributed by atoms with Crippen LogP contribution in [-0.4, -0.2) is 21.1 Å². The molecule has 3 heterocycles. The molecule has 4 rings (SSSR count). The minimum atomic E-state index is -0.00407. The average Bonchev–Trinajstić information content (AvgIpc) is 2.93. The largest absolute Gasteiger partial charge is 0.309 e. The molecule has 1 saturated carbocycles. The number of hydrogen-bond donors (Lipinski definition) is 2. The van der Waals surface area contributed by atoms with Crippen LogP contribution in [0.4, 0.5) is 0 Å². The van der Waals surface area contributed by atoms with E-state index in [-0.39, 0.29) is 11.6 Å². The zero-order valence-electron chi connectivity index (χ0n) is 10.1. The van der Waals surface area contributed by atoms with E-state index >= 15 is 0 Å². The molecule has 1 saturated heterocycles. The van der Waals surface area contributed by atoms with E-state index in [0.29, 0.717) is 5.92 Å². The zero-order valence-corrected chi connectivity index (χ0v) is 10.1. The molecule has 2 N–H and O–H groups in total. The topological polar surface area (TPSA) is 62.2 Å². The second kappa shape index (κ2) is 3.68. The summed E-state index contributed by atoms with van der Waals surface area (Å²) in [6.07, 6.45) is 6.61. The summed E-state index contributed by atoms with van der Waals surface area (Å²) in [7, 11) is 0. The zero-order chi connectivity index (χ0) is 12.1. The second-order valence-corrected chi connectivity index (χ2v) is 5.33. The van der Waals surface area contributed by atoms with Crippen molar-refractivity contribution in [3.63, 3.8) is 0 Å². The van der Waals surface area contributed by atoms with E-state index in [4.69, 9.17) is 4.98 Å². The van der Waals surface area contributed by atoms with Crippen molar-refractivity contribution >= 4 is 5.65 Å². The van der Waals surface area contributed by atoms with Crippen LogP contribution in [0.25, 0.3) is 5.65 Å². The Hall–Kier alpha value is -1.62. The molecule has 1 aliphatic carbocycles. The molecule has 2 aliphatic rings. The van der Waals surface area contributed by atoms with Gasteiger partial charge in [-0.25, -0.2) is 9.50 Å². The van der Waals surface area contributed by atoms with E-state index in [9.17, 15) is 4.79 Å². The lowest BCUT2D eigenvalue weighted by atomic mass is 10.1. The molecular weight excluding hydrogens is 228 g/mol. The molecular formula is C13H16N4O. The van der Waals surface area contributed by atoms with Crippen LogP contribution in [0.3, 0.4) is 0 Å². The Balaban J connectivity index is 1.89. The molecule has 2 aromatic heterocycles. The van der Waals surface area contributed by atoms with Crippen molar-refractivity contribution in [2.45, 2.75) is 37.6 Å². The van der Waals surface area contributed by atoms with Crippen molar-refractivity contribution < 1.29 is 0 Å². The Morgan fingerprint density at radius 1 is 1.33 bits per heavy atom. The third-order valence-corrected chi connectivity index (χ3v) is 3.98. The van der Waals surface area contributed by atoms with E-state index in [1.54, 1.807) is 10.6 Å². The van der Waals surface area contributed by atoms with Gasteiger partial charge in [0, 0.05) is 23.9 Å².